The average molecular weight is 420 g/mol. The Labute approximate surface area is 182 Å². The van der Waals surface area contributed by atoms with Crippen LogP contribution in [0.3, 0.4) is 0 Å². The van der Waals surface area contributed by atoms with Gasteiger partial charge in [-0.3, -0.25) is 9.69 Å². The third kappa shape index (κ3) is 3.75. The van der Waals surface area contributed by atoms with Crippen LogP contribution in [0.25, 0.3) is 16.8 Å². The highest BCUT2D eigenvalue weighted by Crippen LogP contribution is 2.32. The molecule has 0 spiro atoms. The molecule has 3 aromatic rings. The first-order chi connectivity index (χ1) is 15.1. The number of ether oxygens (including phenoxy) is 2. The van der Waals surface area contributed by atoms with E-state index in [-0.39, 0.29) is 6.10 Å². The van der Waals surface area contributed by atoms with Crippen LogP contribution in [0.4, 0.5) is 0 Å². The Hall–Kier alpha value is -2.70. The summed E-state index contributed by atoms with van der Waals surface area (Å²) in [6.07, 6.45) is 6.85. The highest BCUT2D eigenvalue weighted by Gasteiger charge is 2.42. The number of hydrogen-bond acceptors (Lipinski definition) is 5. The van der Waals surface area contributed by atoms with E-state index >= 15 is 0 Å². The molecule has 1 aromatic carbocycles. The Morgan fingerprint density at radius 3 is 2.52 bits per heavy atom. The van der Waals surface area contributed by atoms with E-state index in [9.17, 15) is 4.79 Å². The largest absolute Gasteiger partial charge is 0.490 e. The van der Waals surface area contributed by atoms with Gasteiger partial charge in [-0.1, -0.05) is 12.1 Å². The summed E-state index contributed by atoms with van der Waals surface area (Å²) < 4.78 is 14.2. The molecular weight excluding hydrogens is 390 g/mol. The molecule has 4 heterocycles. The molecule has 6 heteroatoms. The molecule has 0 radical (unpaired) electrons. The lowest BCUT2D eigenvalue weighted by Crippen LogP contribution is -2.54. The summed E-state index contributed by atoms with van der Waals surface area (Å²) in [6, 6.07) is 12.5. The number of likely N-dealkylation sites (tertiary alicyclic amines) is 1. The van der Waals surface area contributed by atoms with Gasteiger partial charge in [0.1, 0.15) is 17.5 Å². The van der Waals surface area contributed by atoms with Crippen LogP contribution in [0.15, 0.2) is 42.6 Å². The van der Waals surface area contributed by atoms with Gasteiger partial charge >= 0.3 is 0 Å². The summed E-state index contributed by atoms with van der Waals surface area (Å²) in [6.45, 7) is 6.46. The number of aryl methyl sites for hydroxylation is 2. The van der Waals surface area contributed by atoms with Crippen LogP contribution in [0.5, 0.6) is 5.75 Å². The van der Waals surface area contributed by atoms with Gasteiger partial charge in [0.25, 0.3) is 0 Å². The molecule has 2 aliphatic rings. The van der Waals surface area contributed by atoms with Crippen LogP contribution >= 0.6 is 0 Å². The number of aromatic nitrogens is 2. The van der Waals surface area contributed by atoms with Crippen LogP contribution in [-0.4, -0.2) is 52.1 Å². The molecule has 0 N–H and O–H groups in total. The Balaban J connectivity index is 1.23. The number of rotatable bonds is 5. The van der Waals surface area contributed by atoms with Crippen molar-refractivity contribution in [3.8, 4) is 16.9 Å². The summed E-state index contributed by atoms with van der Waals surface area (Å²) in [5, 5.41) is 0. The monoisotopic (exact) mass is 419 g/mol. The summed E-state index contributed by atoms with van der Waals surface area (Å²) in [7, 11) is 0. The first kappa shape index (κ1) is 20.2. The van der Waals surface area contributed by atoms with E-state index in [0.29, 0.717) is 6.61 Å². The zero-order valence-corrected chi connectivity index (χ0v) is 18.2. The fraction of sp³-hybridized carbons (Fsp3) is 0.440. The summed E-state index contributed by atoms with van der Waals surface area (Å²) in [5.74, 6) is 0.889. The lowest BCUT2D eigenvalue weighted by molar-refractivity contribution is -0.156. The summed E-state index contributed by atoms with van der Waals surface area (Å²) >= 11 is 0. The average Bonchev–Trinajstić information content (AvgIpc) is 3.40. The van der Waals surface area contributed by atoms with Crippen molar-refractivity contribution in [2.45, 2.75) is 51.4 Å². The van der Waals surface area contributed by atoms with Gasteiger partial charge in [0.2, 0.25) is 0 Å². The van der Waals surface area contributed by atoms with Crippen molar-refractivity contribution in [1.82, 2.24) is 14.3 Å². The van der Waals surface area contributed by atoms with E-state index in [4.69, 9.17) is 9.47 Å². The van der Waals surface area contributed by atoms with E-state index in [1.807, 2.05) is 19.1 Å². The number of aldehydes is 1. The van der Waals surface area contributed by atoms with E-state index in [1.54, 1.807) is 0 Å². The van der Waals surface area contributed by atoms with Crippen LogP contribution < -0.4 is 4.74 Å². The molecule has 31 heavy (non-hydrogen) atoms. The Bertz CT molecular complexity index is 1080. The van der Waals surface area contributed by atoms with Gasteiger partial charge in [0, 0.05) is 31.6 Å². The molecule has 0 bridgehead atoms. The minimum absolute atomic E-state index is 0.167. The maximum atomic E-state index is 11.6. The van der Waals surface area contributed by atoms with Gasteiger partial charge in [0.15, 0.2) is 12.0 Å². The van der Waals surface area contributed by atoms with Crippen molar-refractivity contribution in [2.75, 3.05) is 19.7 Å². The van der Waals surface area contributed by atoms with E-state index in [1.165, 1.54) is 5.69 Å². The van der Waals surface area contributed by atoms with Crippen LogP contribution in [-0.2, 0) is 9.53 Å². The molecular formula is C25H29N3O3. The number of carbonyl (C=O) groups is 1. The lowest BCUT2D eigenvalue weighted by atomic mass is 10.0. The molecule has 0 saturated carbocycles. The standard InChI is InChI=1S/C25H29N3O3/c1-18-19(2)28-16-21(6-9-24(28)26-18)20-4-7-22(8-5-20)31-23-10-13-27(14-11-23)25(17-29)12-3-15-30-25/h4-9,16-17,23H,3,10-15H2,1-2H3/t25-/m1/s1. The second kappa shape index (κ2) is 8.09. The molecule has 5 rings (SSSR count). The highest BCUT2D eigenvalue weighted by molar-refractivity contribution is 5.66. The third-order valence-corrected chi connectivity index (χ3v) is 6.78. The van der Waals surface area contributed by atoms with Crippen molar-refractivity contribution in [2.24, 2.45) is 0 Å². The van der Waals surface area contributed by atoms with E-state index < -0.39 is 5.72 Å². The quantitative estimate of drug-likeness (QED) is 0.581. The first-order valence-corrected chi connectivity index (χ1v) is 11.2. The van der Waals surface area contributed by atoms with E-state index in [2.05, 4.69) is 51.7 Å². The van der Waals surface area contributed by atoms with Crippen molar-refractivity contribution in [3.05, 3.63) is 54.0 Å². The molecule has 0 aliphatic carbocycles. The molecule has 1 atom stereocenters. The van der Waals surface area contributed by atoms with E-state index in [0.717, 1.165) is 73.3 Å². The van der Waals surface area contributed by atoms with Gasteiger partial charge in [-0.25, -0.2) is 4.98 Å². The smallest absolute Gasteiger partial charge is 0.177 e. The predicted octanol–water partition coefficient (Wildman–Crippen LogP) is 4.17. The fourth-order valence-electron chi connectivity index (χ4n) is 4.78. The second-order valence-electron chi connectivity index (χ2n) is 8.67. The van der Waals surface area contributed by atoms with Gasteiger partial charge < -0.3 is 13.9 Å². The topological polar surface area (TPSA) is 56.1 Å². The fourth-order valence-corrected chi connectivity index (χ4v) is 4.78. The zero-order chi connectivity index (χ0) is 21.4. The maximum absolute atomic E-state index is 11.6. The number of pyridine rings is 1. The number of hydrogen-bond donors (Lipinski definition) is 0. The number of benzene rings is 1. The molecule has 2 aliphatic heterocycles. The minimum atomic E-state index is -0.695. The van der Waals surface area contributed by atoms with Crippen LogP contribution in [0, 0.1) is 13.8 Å². The van der Waals surface area contributed by atoms with Gasteiger partial charge in [-0.05, 0) is 74.9 Å². The van der Waals surface area contributed by atoms with Gasteiger partial charge in [0.05, 0.1) is 5.69 Å². The molecule has 2 saturated heterocycles. The normalized spacial score (nSPS) is 22.8. The highest BCUT2D eigenvalue weighted by atomic mass is 16.5. The molecule has 162 valence electrons. The number of nitrogens with zero attached hydrogens (tertiary/aromatic N) is 3. The van der Waals surface area contributed by atoms with Crippen molar-refractivity contribution in [3.63, 3.8) is 0 Å². The van der Waals surface area contributed by atoms with Crippen LogP contribution in [0.1, 0.15) is 37.1 Å². The predicted molar refractivity (Wildman–Crippen MR) is 119 cm³/mol. The molecule has 0 unspecified atom stereocenters. The summed E-state index contributed by atoms with van der Waals surface area (Å²) in [5.41, 5.74) is 4.82. The lowest BCUT2D eigenvalue weighted by Gasteiger charge is -2.40. The van der Waals surface area contributed by atoms with Gasteiger partial charge in [-0.2, -0.15) is 0 Å². The summed E-state index contributed by atoms with van der Waals surface area (Å²) in [4.78, 5) is 18.4. The Morgan fingerprint density at radius 2 is 1.84 bits per heavy atom. The Kier molecular flexibility index (Phi) is 5.28. The van der Waals surface area contributed by atoms with Crippen LogP contribution in [0.2, 0.25) is 0 Å². The molecule has 6 nitrogen and oxygen atoms in total. The SMILES string of the molecule is Cc1nc2ccc(-c3ccc(OC4CCN([C@]5(C=O)CCCO5)CC4)cc3)cn2c1C. The van der Waals surface area contributed by atoms with Crippen molar-refractivity contribution >= 4 is 11.9 Å². The zero-order valence-electron chi connectivity index (χ0n) is 18.2. The number of carbonyl (C=O) groups excluding carboxylic acids is 1. The second-order valence-corrected chi connectivity index (χ2v) is 8.67. The maximum Gasteiger partial charge on any atom is 0.177 e. The molecule has 0 amide bonds. The van der Waals surface area contributed by atoms with Crippen molar-refractivity contribution in [1.29, 1.82) is 0 Å². The Morgan fingerprint density at radius 1 is 1.10 bits per heavy atom. The number of piperidine rings is 1. The van der Waals surface area contributed by atoms with Gasteiger partial charge in [-0.15, -0.1) is 0 Å². The number of fused-ring (bicyclic) bond motifs is 1. The third-order valence-electron chi connectivity index (χ3n) is 6.78. The first-order valence-electron chi connectivity index (χ1n) is 11.2. The number of imidazole rings is 1. The molecule has 2 aromatic heterocycles. The minimum Gasteiger partial charge on any atom is -0.490 e. The molecule has 2 fully saturated rings. The van der Waals surface area contributed by atoms with Crippen molar-refractivity contribution < 1.29 is 14.3 Å².